The van der Waals surface area contributed by atoms with Crippen molar-refractivity contribution in [3.63, 3.8) is 0 Å². The number of aliphatic hydroxyl groups excluding tert-OH is 1. The molecule has 6 heteroatoms. The molecule has 0 fully saturated rings. The second kappa shape index (κ2) is 5.84. The molecule has 0 atom stereocenters. The van der Waals surface area contributed by atoms with Crippen LogP contribution in [0.2, 0.25) is 5.02 Å². The number of nitrogen functional groups attached to an aromatic ring is 1. The zero-order valence-electron chi connectivity index (χ0n) is 9.94. The Bertz CT molecular complexity index is 408. The van der Waals surface area contributed by atoms with Gasteiger partial charge in [-0.3, -0.25) is 5.41 Å². The maximum absolute atomic E-state index is 9.04. The fourth-order valence-electron chi connectivity index (χ4n) is 1.56. The van der Waals surface area contributed by atoms with Crippen molar-refractivity contribution in [2.75, 3.05) is 18.1 Å². The van der Waals surface area contributed by atoms with E-state index in [0.717, 1.165) is 0 Å². The minimum absolute atomic E-state index is 0.0144. The van der Waals surface area contributed by atoms with Gasteiger partial charge in [-0.1, -0.05) is 11.6 Å². The van der Waals surface area contributed by atoms with Crippen molar-refractivity contribution in [2.24, 2.45) is 5.73 Å². The molecule has 0 aliphatic heterocycles. The summed E-state index contributed by atoms with van der Waals surface area (Å²) in [6, 6.07) is 1.75. The summed E-state index contributed by atoms with van der Waals surface area (Å²) in [6.07, 6.45) is 1.56. The molecule has 0 aliphatic rings. The number of nitrogens with one attached hydrogen (secondary N) is 1. The molecular weight excluding hydrogens is 240 g/mol. The number of rotatable bonds is 5. The van der Waals surface area contributed by atoms with Gasteiger partial charge in [-0.25, -0.2) is 4.98 Å². The van der Waals surface area contributed by atoms with E-state index in [4.69, 9.17) is 27.9 Å². The Hall–Kier alpha value is -1.33. The van der Waals surface area contributed by atoms with Gasteiger partial charge in [0.15, 0.2) is 0 Å². The van der Waals surface area contributed by atoms with Gasteiger partial charge < -0.3 is 15.7 Å². The van der Waals surface area contributed by atoms with E-state index in [1.54, 1.807) is 12.3 Å². The number of hydrogen-bond donors (Lipinski definition) is 3. The molecule has 0 bridgehead atoms. The third-order valence-corrected chi connectivity index (χ3v) is 2.77. The molecule has 0 spiro atoms. The predicted molar refractivity (Wildman–Crippen MR) is 69.8 cm³/mol. The molecule has 0 saturated carbocycles. The highest BCUT2D eigenvalue weighted by molar-refractivity contribution is 6.36. The van der Waals surface area contributed by atoms with Crippen molar-refractivity contribution in [3.05, 3.63) is 22.8 Å². The second-order valence-corrected chi connectivity index (χ2v) is 4.30. The molecule has 0 aromatic carbocycles. The second-order valence-electron chi connectivity index (χ2n) is 3.92. The molecule has 1 heterocycles. The van der Waals surface area contributed by atoms with Crippen LogP contribution in [-0.4, -0.2) is 35.1 Å². The topological polar surface area (TPSA) is 86.2 Å². The molecule has 0 aliphatic carbocycles. The lowest BCUT2D eigenvalue weighted by atomic mass is 10.2. The number of nitrogens with two attached hydrogens (primary N) is 1. The van der Waals surface area contributed by atoms with Crippen molar-refractivity contribution >= 4 is 23.3 Å². The fourth-order valence-corrected chi connectivity index (χ4v) is 1.88. The van der Waals surface area contributed by atoms with E-state index in [1.165, 1.54) is 0 Å². The maximum Gasteiger partial charge on any atom is 0.148 e. The minimum atomic E-state index is -0.0913. The number of hydrogen-bond acceptors (Lipinski definition) is 4. The van der Waals surface area contributed by atoms with Crippen molar-refractivity contribution < 1.29 is 5.11 Å². The van der Waals surface area contributed by atoms with Crippen LogP contribution in [0.25, 0.3) is 0 Å². The van der Waals surface area contributed by atoms with Gasteiger partial charge in [-0.15, -0.1) is 0 Å². The van der Waals surface area contributed by atoms with E-state index in [0.29, 0.717) is 22.9 Å². The van der Waals surface area contributed by atoms with Crippen molar-refractivity contribution in [1.29, 1.82) is 5.41 Å². The van der Waals surface area contributed by atoms with Crippen molar-refractivity contribution in [1.82, 2.24) is 4.98 Å². The number of nitrogens with zero attached hydrogens (tertiary/aromatic N) is 2. The first kappa shape index (κ1) is 13.7. The normalized spacial score (nSPS) is 10.6. The average Bonchev–Trinajstić information content (AvgIpc) is 2.26. The number of aromatic nitrogens is 1. The number of amidine groups is 1. The Labute approximate surface area is 106 Å². The van der Waals surface area contributed by atoms with Gasteiger partial charge in [0, 0.05) is 24.3 Å². The van der Waals surface area contributed by atoms with Crippen molar-refractivity contribution in [3.8, 4) is 0 Å². The summed E-state index contributed by atoms with van der Waals surface area (Å²) in [5.74, 6) is 0.453. The first-order valence-electron chi connectivity index (χ1n) is 5.35. The number of pyridine rings is 1. The van der Waals surface area contributed by atoms with Gasteiger partial charge in [0.2, 0.25) is 0 Å². The molecule has 1 aromatic rings. The van der Waals surface area contributed by atoms with Crippen LogP contribution in [0.5, 0.6) is 0 Å². The van der Waals surface area contributed by atoms with Crippen molar-refractivity contribution in [2.45, 2.75) is 19.9 Å². The highest BCUT2D eigenvalue weighted by atomic mass is 35.5. The van der Waals surface area contributed by atoms with Gasteiger partial charge in [0.25, 0.3) is 0 Å². The largest absolute Gasteiger partial charge is 0.395 e. The molecule has 4 N–H and O–H groups in total. The van der Waals surface area contributed by atoms with E-state index >= 15 is 0 Å². The Morgan fingerprint density at radius 3 is 2.76 bits per heavy atom. The lowest BCUT2D eigenvalue weighted by molar-refractivity contribution is 0.298. The van der Waals surface area contributed by atoms with Crippen LogP contribution in [0.3, 0.4) is 0 Å². The summed E-state index contributed by atoms with van der Waals surface area (Å²) < 4.78 is 0. The molecule has 0 unspecified atom stereocenters. The van der Waals surface area contributed by atoms with Gasteiger partial charge >= 0.3 is 0 Å². The molecular formula is C11H17ClN4O. The Morgan fingerprint density at radius 2 is 2.29 bits per heavy atom. The lowest BCUT2D eigenvalue weighted by Crippen LogP contribution is -2.34. The summed E-state index contributed by atoms with van der Waals surface area (Å²) >= 11 is 6.17. The first-order chi connectivity index (χ1) is 7.99. The molecule has 0 saturated heterocycles. The van der Waals surface area contributed by atoms with Gasteiger partial charge in [-0.2, -0.15) is 0 Å². The Morgan fingerprint density at radius 1 is 1.65 bits per heavy atom. The van der Waals surface area contributed by atoms with E-state index < -0.39 is 0 Å². The number of aliphatic hydroxyl groups is 1. The van der Waals surface area contributed by atoms with E-state index in [-0.39, 0.29) is 18.5 Å². The molecule has 0 amide bonds. The van der Waals surface area contributed by atoms with Crippen LogP contribution in [0.15, 0.2) is 12.3 Å². The number of anilines is 1. The van der Waals surface area contributed by atoms with Crippen LogP contribution in [0.1, 0.15) is 19.4 Å². The standard InChI is InChI=1S/C11H17ClN4O/c1-7(2)16(5-6-17)11-9(12)8(10(13)14)3-4-15-11/h3-4,7,17H,5-6H2,1-2H3,(H3,13,14). The van der Waals surface area contributed by atoms with Gasteiger partial charge in [0.05, 0.1) is 11.6 Å². The van der Waals surface area contributed by atoms with E-state index in [1.807, 2.05) is 18.7 Å². The summed E-state index contributed by atoms with van der Waals surface area (Å²) in [4.78, 5) is 6.06. The monoisotopic (exact) mass is 256 g/mol. The zero-order valence-corrected chi connectivity index (χ0v) is 10.7. The summed E-state index contributed by atoms with van der Waals surface area (Å²) in [6.45, 7) is 4.41. The third-order valence-electron chi connectivity index (χ3n) is 2.40. The van der Waals surface area contributed by atoms with Crippen LogP contribution < -0.4 is 10.6 Å². The molecule has 94 valence electrons. The number of halogens is 1. The maximum atomic E-state index is 9.04. The predicted octanol–water partition coefficient (Wildman–Crippen LogP) is 1.23. The molecule has 0 radical (unpaired) electrons. The third kappa shape index (κ3) is 3.08. The Kier molecular flexibility index (Phi) is 4.72. The highest BCUT2D eigenvalue weighted by Gasteiger charge is 2.17. The van der Waals surface area contributed by atoms with Crippen LogP contribution in [0.4, 0.5) is 5.82 Å². The minimum Gasteiger partial charge on any atom is -0.395 e. The van der Waals surface area contributed by atoms with Gasteiger partial charge in [0.1, 0.15) is 11.7 Å². The summed E-state index contributed by atoms with van der Waals surface area (Å²) in [5.41, 5.74) is 5.90. The molecule has 5 nitrogen and oxygen atoms in total. The zero-order chi connectivity index (χ0) is 13.0. The van der Waals surface area contributed by atoms with Gasteiger partial charge in [-0.05, 0) is 19.9 Å². The van der Waals surface area contributed by atoms with E-state index in [2.05, 4.69) is 4.98 Å². The molecule has 17 heavy (non-hydrogen) atoms. The average molecular weight is 257 g/mol. The first-order valence-corrected chi connectivity index (χ1v) is 5.73. The smallest absolute Gasteiger partial charge is 0.148 e. The van der Waals surface area contributed by atoms with Crippen LogP contribution >= 0.6 is 11.6 Å². The highest BCUT2D eigenvalue weighted by Crippen LogP contribution is 2.27. The Balaban J connectivity index is 3.20. The lowest BCUT2D eigenvalue weighted by Gasteiger charge is -2.28. The van der Waals surface area contributed by atoms with E-state index in [9.17, 15) is 0 Å². The van der Waals surface area contributed by atoms with Crippen LogP contribution in [-0.2, 0) is 0 Å². The molecule has 1 rings (SSSR count). The summed E-state index contributed by atoms with van der Waals surface area (Å²) in [7, 11) is 0. The summed E-state index contributed by atoms with van der Waals surface area (Å²) in [5, 5.41) is 16.8. The fraction of sp³-hybridized carbons (Fsp3) is 0.455. The quantitative estimate of drug-likeness (QED) is 0.546. The molecule has 1 aromatic heterocycles. The SMILES string of the molecule is CC(C)N(CCO)c1nccc(C(=N)N)c1Cl. The van der Waals surface area contributed by atoms with Crippen LogP contribution in [0, 0.1) is 5.41 Å².